The Morgan fingerprint density at radius 1 is 0.556 bits per heavy atom. The smallest absolute Gasteiger partial charge is 0.151 e. The number of nitrogens with zero attached hydrogens (tertiary/aromatic N) is 2. The van der Waals surface area contributed by atoms with Crippen LogP contribution in [0.1, 0.15) is 0 Å². The minimum Gasteiger partial charge on any atom is -0.379 e. The van der Waals surface area contributed by atoms with Crippen LogP contribution in [0.4, 0.5) is 0 Å². The topological polar surface area (TPSA) is 43.4 Å². The van der Waals surface area contributed by atoms with E-state index in [1.54, 1.807) is 0 Å². The average Bonchev–Trinajstić information content (AvgIpc) is 2.49. The maximum atomic E-state index is 5.95. The molecule has 0 aliphatic carbocycles. The van der Waals surface area contributed by atoms with Gasteiger partial charge in [-0.2, -0.15) is 0 Å². The highest BCUT2D eigenvalue weighted by Crippen LogP contribution is 2.20. The lowest BCUT2D eigenvalue weighted by atomic mass is 10.2. The highest BCUT2D eigenvalue weighted by atomic mass is 16.6. The molecule has 3 heterocycles. The standard InChI is InChI=1S/C12H22N2O4/c1-5-15-6-2-13(1)11-12(18-10-9-17-11)14-3-7-16-8-4-14/h11-12H,1-10H2/t11-,12-/m1/s1. The van der Waals surface area contributed by atoms with E-state index in [1.165, 1.54) is 0 Å². The van der Waals surface area contributed by atoms with Gasteiger partial charge in [-0.1, -0.05) is 0 Å². The second-order valence-corrected chi connectivity index (χ2v) is 4.82. The third kappa shape index (κ3) is 2.84. The van der Waals surface area contributed by atoms with E-state index in [0.717, 1.165) is 52.6 Å². The van der Waals surface area contributed by atoms with E-state index in [1.807, 2.05) is 0 Å². The summed E-state index contributed by atoms with van der Waals surface area (Å²) in [5, 5.41) is 0. The third-order valence-corrected chi connectivity index (χ3v) is 3.72. The first kappa shape index (κ1) is 12.8. The molecule has 104 valence electrons. The predicted octanol–water partition coefficient (Wildman–Crippen LogP) is -0.650. The van der Waals surface area contributed by atoms with Crippen molar-refractivity contribution in [3.63, 3.8) is 0 Å². The molecular weight excluding hydrogens is 236 g/mol. The fourth-order valence-electron chi connectivity index (χ4n) is 2.74. The van der Waals surface area contributed by atoms with Gasteiger partial charge >= 0.3 is 0 Å². The first-order chi connectivity index (χ1) is 8.95. The number of hydrogen-bond donors (Lipinski definition) is 0. The van der Waals surface area contributed by atoms with Crippen LogP contribution in [-0.2, 0) is 18.9 Å². The Morgan fingerprint density at radius 2 is 0.944 bits per heavy atom. The third-order valence-electron chi connectivity index (χ3n) is 3.72. The molecule has 0 N–H and O–H groups in total. The zero-order valence-corrected chi connectivity index (χ0v) is 10.8. The first-order valence-corrected chi connectivity index (χ1v) is 6.82. The molecule has 6 nitrogen and oxygen atoms in total. The van der Waals surface area contributed by atoms with Crippen LogP contribution in [0.2, 0.25) is 0 Å². The maximum absolute atomic E-state index is 5.95. The van der Waals surface area contributed by atoms with Gasteiger partial charge in [0.25, 0.3) is 0 Å². The molecule has 0 radical (unpaired) electrons. The monoisotopic (exact) mass is 258 g/mol. The predicted molar refractivity (Wildman–Crippen MR) is 64.3 cm³/mol. The van der Waals surface area contributed by atoms with Crippen molar-refractivity contribution in [2.24, 2.45) is 0 Å². The van der Waals surface area contributed by atoms with Gasteiger partial charge in [0.1, 0.15) is 0 Å². The molecule has 6 heteroatoms. The Balaban J connectivity index is 1.64. The van der Waals surface area contributed by atoms with Crippen molar-refractivity contribution in [3.05, 3.63) is 0 Å². The highest BCUT2D eigenvalue weighted by molar-refractivity contribution is 4.79. The van der Waals surface area contributed by atoms with Crippen molar-refractivity contribution in [2.75, 3.05) is 65.8 Å². The number of morpholine rings is 2. The SMILES string of the molecule is C1CN([C@@H]2OCCO[C@H]2N2CCOCC2)CCO1. The molecule has 3 fully saturated rings. The molecule has 0 aromatic heterocycles. The zero-order chi connectivity index (χ0) is 12.2. The first-order valence-electron chi connectivity index (χ1n) is 6.82. The summed E-state index contributed by atoms with van der Waals surface area (Å²) in [6, 6.07) is 0. The molecule has 0 aromatic rings. The zero-order valence-electron chi connectivity index (χ0n) is 10.8. The van der Waals surface area contributed by atoms with Gasteiger partial charge in [-0.25, -0.2) is 0 Å². The van der Waals surface area contributed by atoms with Crippen molar-refractivity contribution in [2.45, 2.75) is 12.5 Å². The Hall–Kier alpha value is -0.240. The molecule has 0 amide bonds. The van der Waals surface area contributed by atoms with Gasteiger partial charge in [-0.3, -0.25) is 9.80 Å². The molecule has 18 heavy (non-hydrogen) atoms. The average molecular weight is 258 g/mol. The summed E-state index contributed by atoms with van der Waals surface area (Å²) in [6.07, 6.45) is 0.0847. The minimum atomic E-state index is 0.0424. The van der Waals surface area contributed by atoms with E-state index >= 15 is 0 Å². The van der Waals surface area contributed by atoms with Crippen LogP contribution < -0.4 is 0 Å². The lowest BCUT2D eigenvalue weighted by molar-refractivity contribution is -0.256. The van der Waals surface area contributed by atoms with E-state index < -0.39 is 0 Å². The summed E-state index contributed by atoms with van der Waals surface area (Å²) in [4.78, 5) is 4.67. The van der Waals surface area contributed by atoms with Crippen molar-refractivity contribution in [1.29, 1.82) is 0 Å². The molecule has 0 spiro atoms. The van der Waals surface area contributed by atoms with Gasteiger partial charge in [0, 0.05) is 26.2 Å². The van der Waals surface area contributed by atoms with E-state index in [2.05, 4.69) is 9.80 Å². The molecule has 3 aliphatic heterocycles. The lowest BCUT2D eigenvalue weighted by Crippen LogP contribution is -2.61. The molecule has 0 bridgehead atoms. The Morgan fingerprint density at radius 3 is 1.33 bits per heavy atom. The Labute approximate surface area is 108 Å². The molecule has 3 rings (SSSR count). The quantitative estimate of drug-likeness (QED) is 0.656. The van der Waals surface area contributed by atoms with Crippen LogP contribution in [-0.4, -0.2) is 88.1 Å². The second kappa shape index (κ2) is 6.27. The summed E-state index contributed by atoms with van der Waals surface area (Å²) in [5.74, 6) is 0. The largest absolute Gasteiger partial charge is 0.379 e. The lowest BCUT2D eigenvalue weighted by Gasteiger charge is -2.45. The second-order valence-electron chi connectivity index (χ2n) is 4.82. The summed E-state index contributed by atoms with van der Waals surface area (Å²) >= 11 is 0. The Kier molecular flexibility index (Phi) is 4.45. The van der Waals surface area contributed by atoms with Gasteiger partial charge in [0.05, 0.1) is 39.6 Å². The van der Waals surface area contributed by atoms with Crippen LogP contribution in [0.5, 0.6) is 0 Å². The molecule has 0 saturated carbocycles. The van der Waals surface area contributed by atoms with Gasteiger partial charge in [0.2, 0.25) is 0 Å². The van der Waals surface area contributed by atoms with E-state index in [9.17, 15) is 0 Å². The van der Waals surface area contributed by atoms with Crippen molar-refractivity contribution < 1.29 is 18.9 Å². The minimum absolute atomic E-state index is 0.0424. The summed E-state index contributed by atoms with van der Waals surface area (Å²) in [6.45, 7) is 8.22. The van der Waals surface area contributed by atoms with Crippen LogP contribution in [0, 0.1) is 0 Å². The van der Waals surface area contributed by atoms with Crippen molar-refractivity contribution in [3.8, 4) is 0 Å². The van der Waals surface area contributed by atoms with Gasteiger partial charge in [-0.15, -0.1) is 0 Å². The van der Waals surface area contributed by atoms with Crippen LogP contribution in [0.3, 0.4) is 0 Å². The van der Waals surface area contributed by atoms with E-state index in [4.69, 9.17) is 18.9 Å². The fraction of sp³-hybridized carbons (Fsp3) is 1.00. The summed E-state index contributed by atoms with van der Waals surface area (Å²) in [5.41, 5.74) is 0. The van der Waals surface area contributed by atoms with Crippen LogP contribution in [0.25, 0.3) is 0 Å². The fourth-order valence-corrected chi connectivity index (χ4v) is 2.74. The molecule has 3 aliphatic rings. The number of hydrogen-bond acceptors (Lipinski definition) is 6. The molecule has 0 unspecified atom stereocenters. The van der Waals surface area contributed by atoms with Gasteiger partial charge in [0.15, 0.2) is 12.5 Å². The van der Waals surface area contributed by atoms with Gasteiger partial charge in [-0.05, 0) is 0 Å². The molecule has 2 atom stereocenters. The normalized spacial score (nSPS) is 36.7. The van der Waals surface area contributed by atoms with Gasteiger partial charge < -0.3 is 18.9 Å². The highest BCUT2D eigenvalue weighted by Gasteiger charge is 2.37. The summed E-state index contributed by atoms with van der Waals surface area (Å²) in [7, 11) is 0. The number of ether oxygens (including phenoxy) is 4. The summed E-state index contributed by atoms with van der Waals surface area (Å²) < 4.78 is 22.7. The molecular formula is C12H22N2O4. The van der Waals surface area contributed by atoms with E-state index in [0.29, 0.717) is 13.2 Å². The Bertz CT molecular complexity index is 228. The van der Waals surface area contributed by atoms with Crippen LogP contribution in [0.15, 0.2) is 0 Å². The molecule has 0 aromatic carbocycles. The van der Waals surface area contributed by atoms with Crippen LogP contribution >= 0.6 is 0 Å². The number of rotatable bonds is 2. The van der Waals surface area contributed by atoms with E-state index in [-0.39, 0.29) is 12.5 Å². The van der Waals surface area contributed by atoms with Crippen molar-refractivity contribution in [1.82, 2.24) is 9.80 Å². The molecule has 3 saturated heterocycles. The maximum Gasteiger partial charge on any atom is 0.151 e. The van der Waals surface area contributed by atoms with Crippen molar-refractivity contribution >= 4 is 0 Å².